The van der Waals surface area contributed by atoms with Gasteiger partial charge in [-0.1, -0.05) is 18.0 Å². The van der Waals surface area contributed by atoms with Crippen molar-refractivity contribution in [3.63, 3.8) is 0 Å². The first kappa shape index (κ1) is 15.3. The van der Waals surface area contributed by atoms with Crippen LogP contribution in [0.3, 0.4) is 0 Å². The largest absolute Gasteiger partial charge is 0.364 e. The van der Waals surface area contributed by atoms with Crippen LogP contribution in [0.1, 0.15) is 37.8 Å². The number of nitrogens with zero attached hydrogens (tertiary/aromatic N) is 3. The molecule has 0 bridgehead atoms. The van der Waals surface area contributed by atoms with Crippen LogP contribution in [0.2, 0.25) is 0 Å². The van der Waals surface area contributed by atoms with Crippen LogP contribution in [0, 0.1) is 5.92 Å². The molecule has 2 aliphatic rings. The second-order valence-corrected chi connectivity index (χ2v) is 6.46. The average Bonchev–Trinajstić information content (AvgIpc) is 3.27. The van der Waals surface area contributed by atoms with Crippen molar-refractivity contribution in [2.45, 2.75) is 44.7 Å². The topological polar surface area (TPSA) is 65.7 Å². The van der Waals surface area contributed by atoms with Crippen molar-refractivity contribution in [2.75, 3.05) is 26.7 Å². The highest BCUT2D eigenvalue weighted by molar-refractivity contribution is 5.79. The SMILES string of the molecule is CN=C(NCc1ccon1)NC1CCN(CC2CCCC2)C1. The normalized spacial score (nSPS) is 24.0. The molecule has 2 fully saturated rings. The summed E-state index contributed by atoms with van der Waals surface area (Å²) in [5.41, 5.74) is 0.886. The average molecular weight is 305 g/mol. The van der Waals surface area contributed by atoms with Gasteiger partial charge in [0.15, 0.2) is 5.96 Å². The summed E-state index contributed by atoms with van der Waals surface area (Å²) >= 11 is 0. The molecule has 1 aromatic heterocycles. The van der Waals surface area contributed by atoms with E-state index >= 15 is 0 Å². The van der Waals surface area contributed by atoms with E-state index in [9.17, 15) is 0 Å². The van der Waals surface area contributed by atoms with Gasteiger partial charge in [0.25, 0.3) is 0 Å². The molecule has 1 saturated carbocycles. The second-order valence-electron chi connectivity index (χ2n) is 6.46. The van der Waals surface area contributed by atoms with Crippen molar-refractivity contribution in [3.05, 3.63) is 18.0 Å². The summed E-state index contributed by atoms with van der Waals surface area (Å²) in [5.74, 6) is 1.78. The molecule has 1 aliphatic carbocycles. The van der Waals surface area contributed by atoms with Gasteiger partial charge in [0.2, 0.25) is 0 Å². The highest BCUT2D eigenvalue weighted by atomic mass is 16.5. The van der Waals surface area contributed by atoms with Gasteiger partial charge in [0.05, 0.1) is 6.54 Å². The molecule has 0 spiro atoms. The van der Waals surface area contributed by atoms with Crippen LogP contribution < -0.4 is 10.6 Å². The minimum absolute atomic E-state index is 0.491. The van der Waals surface area contributed by atoms with Gasteiger partial charge < -0.3 is 20.1 Å². The van der Waals surface area contributed by atoms with Crippen LogP contribution in [-0.4, -0.2) is 48.7 Å². The Morgan fingerprint density at radius 1 is 1.41 bits per heavy atom. The van der Waals surface area contributed by atoms with Crippen molar-refractivity contribution < 1.29 is 4.52 Å². The van der Waals surface area contributed by atoms with Gasteiger partial charge in [-0.2, -0.15) is 0 Å². The smallest absolute Gasteiger partial charge is 0.191 e. The lowest BCUT2D eigenvalue weighted by atomic mass is 10.1. The molecule has 6 heteroatoms. The molecule has 3 rings (SSSR count). The number of hydrogen-bond donors (Lipinski definition) is 2. The van der Waals surface area contributed by atoms with Crippen LogP contribution in [0.15, 0.2) is 21.8 Å². The molecule has 1 atom stereocenters. The molecular weight excluding hydrogens is 278 g/mol. The van der Waals surface area contributed by atoms with E-state index in [0.717, 1.165) is 24.1 Å². The third-order valence-corrected chi connectivity index (χ3v) is 4.76. The molecule has 2 heterocycles. The minimum Gasteiger partial charge on any atom is -0.364 e. The molecule has 22 heavy (non-hydrogen) atoms. The van der Waals surface area contributed by atoms with Crippen LogP contribution in [0.5, 0.6) is 0 Å². The molecule has 1 aliphatic heterocycles. The van der Waals surface area contributed by atoms with Crippen LogP contribution in [0.25, 0.3) is 0 Å². The summed E-state index contributed by atoms with van der Waals surface area (Å²) in [6.07, 6.45) is 8.49. The zero-order chi connectivity index (χ0) is 15.2. The van der Waals surface area contributed by atoms with E-state index in [-0.39, 0.29) is 0 Å². The van der Waals surface area contributed by atoms with E-state index in [1.807, 2.05) is 13.1 Å². The van der Waals surface area contributed by atoms with Gasteiger partial charge in [0.1, 0.15) is 12.0 Å². The molecule has 122 valence electrons. The Bertz CT molecular complexity index is 467. The van der Waals surface area contributed by atoms with E-state index in [1.54, 1.807) is 6.26 Å². The van der Waals surface area contributed by atoms with Crippen molar-refractivity contribution in [1.29, 1.82) is 0 Å². The minimum atomic E-state index is 0.491. The standard InChI is InChI=1S/C16H27N5O/c1-17-16(18-10-14-7-9-22-20-14)19-15-6-8-21(12-15)11-13-4-2-3-5-13/h7,9,13,15H,2-6,8,10-12H2,1H3,(H2,17,18,19). The molecule has 0 radical (unpaired) electrons. The molecule has 0 amide bonds. The lowest BCUT2D eigenvalue weighted by Gasteiger charge is -2.21. The summed E-state index contributed by atoms with van der Waals surface area (Å²) in [4.78, 5) is 6.91. The van der Waals surface area contributed by atoms with E-state index < -0.39 is 0 Å². The van der Waals surface area contributed by atoms with Crippen LogP contribution in [-0.2, 0) is 6.54 Å². The van der Waals surface area contributed by atoms with Crippen molar-refractivity contribution in [2.24, 2.45) is 10.9 Å². The lowest BCUT2D eigenvalue weighted by Crippen LogP contribution is -2.44. The van der Waals surface area contributed by atoms with E-state index in [0.29, 0.717) is 12.6 Å². The van der Waals surface area contributed by atoms with E-state index in [2.05, 4.69) is 25.7 Å². The molecule has 1 aromatic rings. The highest BCUT2D eigenvalue weighted by Gasteiger charge is 2.26. The number of hydrogen-bond acceptors (Lipinski definition) is 4. The Hall–Kier alpha value is -1.56. The first-order chi connectivity index (χ1) is 10.8. The Labute approximate surface area is 132 Å². The fourth-order valence-electron chi connectivity index (χ4n) is 3.57. The molecule has 6 nitrogen and oxygen atoms in total. The van der Waals surface area contributed by atoms with E-state index in [1.165, 1.54) is 45.2 Å². The van der Waals surface area contributed by atoms with Gasteiger partial charge >= 0.3 is 0 Å². The summed E-state index contributed by atoms with van der Waals surface area (Å²) in [6.45, 7) is 4.24. The van der Waals surface area contributed by atoms with Crippen molar-refractivity contribution in [1.82, 2.24) is 20.7 Å². The fourth-order valence-corrected chi connectivity index (χ4v) is 3.57. The third-order valence-electron chi connectivity index (χ3n) is 4.76. The maximum Gasteiger partial charge on any atom is 0.191 e. The first-order valence-corrected chi connectivity index (χ1v) is 8.42. The first-order valence-electron chi connectivity index (χ1n) is 8.42. The molecule has 1 saturated heterocycles. The van der Waals surface area contributed by atoms with E-state index in [4.69, 9.17) is 4.52 Å². The van der Waals surface area contributed by atoms with Gasteiger partial charge in [-0.05, 0) is 25.2 Å². The van der Waals surface area contributed by atoms with Gasteiger partial charge in [-0.15, -0.1) is 0 Å². The summed E-state index contributed by atoms with van der Waals surface area (Å²) in [5, 5.41) is 10.7. The fraction of sp³-hybridized carbons (Fsp3) is 0.750. The monoisotopic (exact) mass is 305 g/mol. The number of aromatic nitrogens is 1. The van der Waals surface area contributed by atoms with Crippen molar-refractivity contribution >= 4 is 5.96 Å². The highest BCUT2D eigenvalue weighted by Crippen LogP contribution is 2.26. The molecule has 1 unspecified atom stereocenters. The second kappa shape index (κ2) is 7.63. The maximum absolute atomic E-state index is 4.83. The van der Waals surface area contributed by atoms with Gasteiger partial charge in [-0.3, -0.25) is 4.99 Å². The summed E-state index contributed by atoms with van der Waals surface area (Å²) < 4.78 is 4.83. The number of nitrogens with one attached hydrogen (secondary N) is 2. The Morgan fingerprint density at radius 2 is 2.27 bits per heavy atom. The van der Waals surface area contributed by atoms with Crippen LogP contribution >= 0.6 is 0 Å². The molecule has 0 aromatic carbocycles. The predicted octanol–water partition coefficient (Wildman–Crippen LogP) is 1.60. The third kappa shape index (κ3) is 4.22. The number of rotatable bonds is 5. The predicted molar refractivity (Wildman–Crippen MR) is 86.6 cm³/mol. The Morgan fingerprint density at radius 3 is 3.00 bits per heavy atom. The summed E-state index contributed by atoms with van der Waals surface area (Å²) in [7, 11) is 1.81. The Balaban J connectivity index is 1.40. The van der Waals surface area contributed by atoms with Crippen molar-refractivity contribution in [3.8, 4) is 0 Å². The lowest BCUT2D eigenvalue weighted by molar-refractivity contribution is 0.275. The molecule has 2 N–H and O–H groups in total. The summed E-state index contributed by atoms with van der Waals surface area (Å²) in [6, 6.07) is 2.35. The number of aliphatic imine (C=N–C) groups is 1. The number of guanidine groups is 1. The zero-order valence-corrected chi connectivity index (χ0v) is 13.4. The van der Waals surface area contributed by atoms with Crippen LogP contribution in [0.4, 0.5) is 0 Å². The maximum atomic E-state index is 4.83. The zero-order valence-electron chi connectivity index (χ0n) is 13.4. The Kier molecular flexibility index (Phi) is 5.32. The van der Waals surface area contributed by atoms with Gasteiger partial charge in [-0.25, -0.2) is 0 Å². The number of likely N-dealkylation sites (tertiary alicyclic amines) is 1. The van der Waals surface area contributed by atoms with Gasteiger partial charge in [0, 0.05) is 38.8 Å². The quantitative estimate of drug-likeness (QED) is 0.639. The molecular formula is C16H27N5O.